The van der Waals surface area contributed by atoms with Crippen LogP contribution in [0.1, 0.15) is 52.4 Å². The van der Waals surface area contributed by atoms with Crippen LogP contribution in [0.3, 0.4) is 0 Å². The summed E-state index contributed by atoms with van der Waals surface area (Å²) < 4.78 is 5.93. The van der Waals surface area contributed by atoms with E-state index in [2.05, 4.69) is 25.8 Å². The van der Waals surface area contributed by atoms with Gasteiger partial charge in [-0.1, -0.05) is 26.7 Å². The van der Waals surface area contributed by atoms with Crippen molar-refractivity contribution in [3.63, 3.8) is 0 Å². The second kappa shape index (κ2) is 5.89. The van der Waals surface area contributed by atoms with E-state index in [4.69, 9.17) is 10.5 Å². The highest BCUT2D eigenvalue weighted by Gasteiger charge is 2.42. The van der Waals surface area contributed by atoms with E-state index in [1.54, 1.807) is 0 Å². The first-order valence-corrected chi connectivity index (χ1v) is 7.64. The molecule has 2 unspecified atom stereocenters. The van der Waals surface area contributed by atoms with Crippen molar-refractivity contribution in [3.8, 4) is 0 Å². The Labute approximate surface area is 112 Å². The van der Waals surface area contributed by atoms with Gasteiger partial charge in [-0.05, 0) is 38.6 Å². The van der Waals surface area contributed by atoms with E-state index < -0.39 is 0 Å². The Morgan fingerprint density at radius 3 is 2.56 bits per heavy atom. The highest BCUT2D eigenvalue weighted by molar-refractivity contribution is 4.98. The predicted octanol–water partition coefficient (Wildman–Crippen LogP) is 2.39. The van der Waals surface area contributed by atoms with E-state index in [1.165, 1.54) is 25.7 Å². The largest absolute Gasteiger partial charge is 0.378 e. The van der Waals surface area contributed by atoms with E-state index in [9.17, 15) is 0 Å². The molecule has 2 fully saturated rings. The molecule has 0 aromatic heterocycles. The lowest BCUT2D eigenvalue weighted by molar-refractivity contribution is -0.0903. The maximum Gasteiger partial charge on any atom is 0.0616 e. The molecular weight excluding hydrogens is 224 g/mol. The Hall–Kier alpha value is -0.120. The lowest BCUT2D eigenvalue weighted by atomic mass is 9.81. The van der Waals surface area contributed by atoms with Crippen LogP contribution in [0.2, 0.25) is 0 Å². The zero-order valence-electron chi connectivity index (χ0n) is 12.3. The number of hydrogen-bond donors (Lipinski definition) is 1. The van der Waals surface area contributed by atoms with E-state index in [-0.39, 0.29) is 5.54 Å². The molecule has 1 heterocycles. The summed E-state index contributed by atoms with van der Waals surface area (Å²) in [5.41, 5.74) is 6.35. The standard InChI is InChI=1S/C15H30N2O/c1-12(2)14-10-15(11-16,8-9-18-14)17(3)13-6-4-5-7-13/h12-14H,4-11,16H2,1-3H3. The number of hydrogen-bond acceptors (Lipinski definition) is 3. The molecule has 2 aliphatic rings. The van der Waals surface area contributed by atoms with Crippen LogP contribution in [-0.2, 0) is 4.74 Å². The van der Waals surface area contributed by atoms with Gasteiger partial charge in [0.1, 0.15) is 0 Å². The van der Waals surface area contributed by atoms with Gasteiger partial charge in [0.15, 0.2) is 0 Å². The minimum Gasteiger partial charge on any atom is -0.378 e. The lowest BCUT2D eigenvalue weighted by Crippen LogP contribution is -2.60. The summed E-state index contributed by atoms with van der Waals surface area (Å²) in [5.74, 6) is 0.591. The van der Waals surface area contributed by atoms with Gasteiger partial charge >= 0.3 is 0 Å². The SMILES string of the molecule is CC(C)C1CC(CN)(N(C)C2CCCC2)CCO1. The summed E-state index contributed by atoms with van der Waals surface area (Å²) >= 11 is 0. The number of ether oxygens (including phenoxy) is 1. The Morgan fingerprint density at radius 2 is 2.00 bits per heavy atom. The van der Waals surface area contributed by atoms with Crippen molar-refractivity contribution < 1.29 is 4.74 Å². The van der Waals surface area contributed by atoms with Crippen molar-refractivity contribution in [1.29, 1.82) is 0 Å². The summed E-state index contributed by atoms with van der Waals surface area (Å²) in [6.07, 6.45) is 8.07. The number of likely N-dealkylation sites (N-methyl/N-ethyl adjacent to an activating group) is 1. The molecule has 1 saturated carbocycles. The van der Waals surface area contributed by atoms with Crippen molar-refractivity contribution >= 4 is 0 Å². The highest BCUT2D eigenvalue weighted by Crippen LogP contribution is 2.36. The molecular formula is C15H30N2O. The lowest BCUT2D eigenvalue weighted by Gasteiger charge is -2.49. The van der Waals surface area contributed by atoms with Gasteiger partial charge in [-0.2, -0.15) is 0 Å². The molecule has 0 amide bonds. The average molecular weight is 254 g/mol. The third kappa shape index (κ3) is 2.73. The molecule has 0 aromatic rings. The third-order valence-electron chi connectivity index (χ3n) is 5.22. The molecule has 1 aliphatic carbocycles. The molecule has 2 N–H and O–H groups in total. The Kier molecular flexibility index (Phi) is 4.68. The second-order valence-electron chi connectivity index (χ2n) is 6.59. The highest BCUT2D eigenvalue weighted by atomic mass is 16.5. The van der Waals surface area contributed by atoms with Gasteiger partial charge in [-0.15, -0.1) is 0 Å². The molecule has 1 aliphatic heterocycles. The van der Waals surface area contributed by atoms with E-state index in [0.29, 0.717) is 12.0 Å². The van der Waals surface area contributed by atoms with Gasteiger partial charge in [0.25, 0.3) is 0 Å². The van der Waals surface area contributed by atoms with Crippen molar-refractivity contribution in [2.75, 3.05) is 20.2 Å². The van der Waals surface area contributed by atoms with E-state index in [1.807, 2.05) is 0 Å². The Balaban J connectivity index is 2.08. The molecule has 18 heavy (non-hydrogen) atoms. The number of rotatable bonds is 4. The first kappa shape index (κ1) is 14.3. The fourth-order valence-corrected chi connectivity index (χ4v) is 3.69. The van der Waals surface area contributed by atoms with Crippen LogP contribution in [0, 0.1) is 5.92 Å². The van der Waals surface area contributed by atoms with Crippen molar-refractivity contribution in [3.05, 3.63) is 0 Å². The van der Waals surface area contributed by atoms with Crippen molar-refractivity contribution in [1.82, 2.24) is 4.90 Å². The summed E-state index contributed by atoms with van der Waals surface area (Å²) in [6.45, 7) is 6.16. The monoisotopic (exact) mass is 254 g/mol. The number of nitrogens with two attached hydrogens (primary N) is 1. The van der Waals surface area contributed by atoms with E-state index >= 15 is 0 Å². The smallest absolute Gasteiger partial charge is 0.0616 e. The molecule has 0 spiro atoms. The summed E-state index contributed by atoms with van der Waals surface area (Å²) in [4.78, 5) is 2.61. The molecule has 0 bridgehead atoms. The minimum absolute atomic E-state index is 0.183. The maximum atomic E-state index is 6.17. The third-order valence-corrected chi connectivity index (χ3v) is 5.22. The van der Waals surface area contributed by atoms with Gasteiger partial charge in [0.05, 0.1) is 6.10 Å². The molecule has 3 heteroatoms. The number of nitrogens with zero attached hydrogens (tertiary/aromatic N) is 1. The Bertz CT molecular complexity index is 263. The van der Waals surface area contributed by atoms with Crippen LogP contribution in [0.25, 0.3) is 0 Å². The van der Waals surface area contributed by atoms with Crippen molar-refractivity contribution in [2.45, 2.75) is 70.1 Å². The average Bonchev–Trinajstić information content (AvgIpc) is 2.91. The van der Waals surface area contributed by atoms with Crippen LogP contribution in [0.4, 0.5) is 0 Å². The van der Waals surface area contributed by atoms with Gasteiger partial charge in [-0.3, -0.25) is 4.90 Å². The molecule has 2 atom stereocenters. The minimum atomic E-state index is 0.183. The van der Waals surface area contributed by atoms with E-state index in [0.717, 1.165) is 32.0 Å². The molecule has 1 saturated heterocycles. The van der Waals surface area contributed by atoms with Crippen LogP contribution in [0.5, 0.6) is 0 Å². The second-order valence-corrected chi connectivity index (χ2v) is 6.59. The van der Waals surface area contributed by atoms with Crippen LogP contribution in [-0.4, -0.2) is 42.8 Å². The predicted molar refractivity (Wildman–Crippen MR) is 75.6 cm³/mol. The Morgan fingerprint density at radius 1 is 1.33 bits per heavy atom. The normalized spacial score (nSPS) is 34.7. The maximum absolute atomic E-state index is 6.17. The molecule has 0 radical (unpaired) electrons. The molecule has 106 valence electrons. The van der Waals surface area contributed by atoms with Gasteiger partial charge in [0, 0.05) is 24.7 Å². The van der Waals surface area contributed by atoms with Crippen LogP contribution >= 0.6 is 0 Å². The van der Waals surface area contributed by atoms with Gasteiger partial charge in [0.2, 0.25) is 0 Å². The fraction of sp³-hybridized carbons (Fsp3) is 1.00. The topological polar surface area (TPSA) is 38.5 Å². The van der Waals surface area contributed by atoms with Gasteiger partial charge in [-0.25, -0.2) is 0 Å². The zero-order chi connectivity index (χ0) is 13.2. The quantitative estimate of drug-likeness (QED) is 0.837. The first-order chi connectivity index (χ1) is 8.59. The first-order valence-electron chi connectivity index (χ1n) is 7.64. The molecule has 2 rings (SSSR count). The summed E-state index contributed by atoms with van der Waals surface area (Å²) in [5, 5.41) is 0. The zero-order valence-corrected chi connectivity index (χ0v) is 12.3. The van der Waals surface area contributed by atoms with Crippen LogP contribution in [0.15, 0.2) is 0 Å². The fourth-order valence-electron chi connectivity index (χ4n) is 3.69. The van der Waals surface area contributed by atoms with Crippen LogP contribution < -0.4 is 5.73 Å². The van der Waals surface area contributed by atoms with Gasteiger partial charge < -0.3 is 10.5 Å². The summed E-state index contributed by atoms with van der Waals surface area (Å²) in [6, 6.07) is 0.750. The van der Waals surface area contributed by atoms with Crippen molar-refractivity contribution in [2.24, 2.45) is 11.7 Å². The summed E-state index contributed by atoms with van der Waals surface area (Å²) in [7, 11) is 2.30. The molecule has 3 nitrogen and oxygen atoms in total. The molecule has 0 aromatic carbocycles.